The summed E-state index contributed by atoms with van der Waals surface area (Å²) in [5, 5.41) is 16.0. The third-order valence-electron chi connectivity index (χ3n) is 4.12. The summed E-state index contributed by atoms with van der Waals surface area (Å²) in [5.41, 5.74) is 15.9. The SMILES string of the molecule is CSCCC(N)C(=O)NC(CC(N)=O)C(=O)NC(CS)C(=O)NC(CCC(N)=O)C(=O)O. The van der Waals surface area contributed by atoms with Crippen molar-refractivity contribution in [1.29, 1.82) is 0 Å². The number of thiol groups is 1. The average Bonchev–Trinajstić information content (AvgIpc) is 2.71. The monoisotopic (exact) mass is 494 g/mol. The van der Waals surface area contributed by atoms with E-state index in [-0.39, 0.29) is 18.6 Å². The summed E-state index contributed by atoms with van der Waals surface area (Å²) >= 11 is 5.45. The number of carbonyl (C=O) groups excluding carboxylic acids is 5. The maximum Gasteiger partial charge on any atom is 0.326 e. The lowest BCUT2D eigenvalue weighted by Gasteiger charge is -2.24. The van der Waals surface area contributed by atoms with Gasteiger partial charge in [0.05, 0.1) is 12.5 Å². The molecule has 10 N–H and O–H groups in total. The Balaban J connectivity index is 5.21. The van der Waals surface area contributed by atoms with Gasteiger partial charge in [0.25, 0.3) is 0 Å². The van der Waals surface area contributed by atoms with Crippen LogP contribution in [0.1, 0.15) is 25.7 Å². The van der Waals surface area contributed by atoms with Crippen molar-refractivity contribution in [3.05, 3.63) is 0 Å². The number of carboxylic acid groups (broad SMARTS) is 1. The molecule has 4 atom stereocenters. The molecule has 4 unspecified atom stereocenters. The van der Waals surface area contributed by atoms with Crippen molar-refractivity contribution in [3.63, 3.8) is 0 Å². The zero-order valence-electron chi connectivity index (χ0n) is 17.5. The summed E-state index contributed by atoms with van der Waals surface area (Å²) < 4.78 is 0. The molecule has 15 heteroatoms. The van der Waals surface area contributed by atoms with Crippen LogP contribution in [0.15, 0.2) is 0 Å². The van der Waals surface area contributed by atoms with Gasteiger partial charge in [-0.15, -0.1) is 0 Å². The maximum absolute atomic E-state index is 12.6. The highest BCUT2D eigenvalue weighted by molar-refractivity contribution is 7.98. The van der Waals surface area contributed by atoms with E-state index in [2.05, 4.69) is 28.6 Å². The number of primary amides is 2. The number of carboxylic acids is 1. The van der Waals surface area contributed by atoms with E-state index < -0.39 is 66.1 Å². The fourth-order valence-electron chi connectivity index (χ4n) is 2.35. The average molecular weight is 495 g/mol. The molecule has 0 aliphatic heterocycles. The number of aliphatic carboxylic acids is 1. The first kappa shape index (κ1) is 29.5. The lowest BCUT2D eigenvalue weighted by atomic mass is 10.1. The van der Waals surface area contributed by atoms with Crippen LogP contribution in [0.25, 0.3) is 0 Å². The lowest BCUT2D eigenvalue weighted by molar-refractivity contribution is -0.142. The minimum atomic E-state index is -1.43. The number of hydrogen-bond donors (Lipinski definition) is 8. The van der Waals surface area contributed by atoms with Gasteiger partial charge in [-0.2, -0.15) is 24.4 Å². The Morgan fingerprint density at radius 2 is 1.41 bits per heavy atom. The Kier molecular flexibility index (Phi) is 14.1. The molecule has 0 rings (SSSR count). The Labute approximate surface area is 194 Å². The molecule has 0 saturated carbocycles. The standard InChI is InChI=1S/C17H30N6O7S2/c1-32-5-4-8(18)14(26)22-10(6-13(20)25)15(27)23-11(7-31)16(28)21-9(17(29)30)2-3-12(19)24/h8-11,31H,2-7,18H2,1H3,(H2,19,24)(H2,20,25)(H,21,28)(H,22,26)(H,23,27)(H,29,30). The Bertz CT molecular complexity index is 709. The largest absolute Gasteiger partial charge is 0.480 e. The van der Waals surface area contributed by atoms with Crippen molar-refractivity contribution in [1.82, 2.24) is 16.0 Å². The molecule has 5 amide bonds. The number of rotatable bonds is 16. The van der Waals surface area contributed by atoms with Gasteiger partial charge in [-0.3, -0.25) is 24.0 Å². The van der Waals surface area contributed by atoms with Gasteiger partial charge in [0.15, 0.2) is 0 Å². The Morgan fingerprint density at radius 3 is 1.88 bits per heavy atom. The molecule has 0 fully saturated rings. The summed E-state index contributed by atoms with van der Waals surface area (Å²) in [6, 6.07) is -5.06. The van der Waals surface area contributed by atoms with Crippen LogP contribution in [0.3, 0.4) is 0 Å². The van der Waals surface area contributed by atoms with Crippen LogP contribution in [-0.4, -0.2) is 82.5 Å². The summed E-state index contributed by atoms with van der Waals surface area (Å²) in [6.07, 6.45) is 1.08. The number of amides is 5. The third kappa shape index (κ3) is 11.8. The van der Waals surface area contributed by atoms with Gasteiger partial charge in [0.1, 0.15) is 18.1 Å². The molecule has 0 aliphatic rings. The summed E-state index contributed by atoms with van der Waals surface area (Å²) in [7, 11) is 0. The molecule has 0 aromatic carbocycles. The molecule has 0 spiro atoms. The quantitative estimate of drug-likeness (QED) is 0.1000. The maximum atomic E-state index is 12.6. The van der Waals surface area contributed by atoms with Crippen LogP contribution in [-0.2, 0) is 28.8 Å². The van der Waals surface area contributed by atoms with E-state index in [1.54, 1.807) is 0 Å². The normalized spacial score (nSPS) is 14.3. The second-order valence-corrected chi connectivity index (χ2v) is 8.12. The highest BCUT2D eigenvalue weighted by Crippen LogP contribution is 2.03. The van der Waals surface area contributed by atoms with Crippen LogP contribution in [0.4, 0.5) is 0 Å². The van der Waals surface area contributed by atoms with E-state index >= 15 is 0 Å². The predicted molar refractivity (Wildman–Crippen MR) is 120 cm³/mol. The topological polar surface area (TPSA) is 237 Å². The highest BCUT2D eigenvalue weighted by atomic mass is 32.2. The molecule has 0 saturated heterocycles. The fraction of sp³-hybridized carbons (Fsp3) is 0.647. The number of carbonyl (C=O) groups is 6. The van der Waals surface area contributed by atoms with Crippen molar-refractivity contribution in [2.75, 3.05) is 17.8 Å². The minimum absolute atomic E-state index is 0.232. The van der Waals surface area contributed by atoms with Gasteiger partial charge in [0.2, 0.25) is 29.5 Å². The van der Waals surface area contributed by atoms with Gasteiger partial charge in [-0.05, 0) is 24.9 Å². The van der Waals surface area contributed by atoms with Gasteiger partial charge in [-0.25, -0.2) is 4.79 Å². The van der Waals surface area contributed by atoms with Crippen LogP contribution in [0.2, 0.25) is 0 Å². The lowest BCUT2D eigenvalue weighted by Crippen LogP contribution is -2.58. The van der Waals surface area contributed by atoms with E-state index in [0.29, 0.717) is 12.2 Å². The van der Waals surface area contributed by atoms with Crippen molar-refractivity contribution >= 4 is 59.9 Å². The fourth-order valence-corrected chi connectivity index (χ4v) is 3.09. The molecule has 182 valence electrons. The van der Waals surface area contributed by atoms with Crippen LogP contribution < -0.4 is 33.2 Å². The number of hydrogen-bond acceptors (Lipinski definition) is 9. The molecule has 0 aromatic heterocycles. The molecule has 0 heterocycles. The summed E-state index contributed by atoms with van der Waals surface area (Å²) in [6.45, 7) is 0. The first-order valence-electron chi connectivity index (χ1n) is 9.48. The second-order valence-electron chi connectivity index (χ2n) is 6.77. The number of thioether (sulfide) groups is 1. The second kappa shape index (κ2) is 15.3. The Hall–Kier alpha value is -2.52. The van der Waals surface area contributed by atoms with E-state index in [9.17, 15) is 33.9 Å². The van der Waals surface area contributed by atoms with Crippen molar-refractivity contribution in [3.8, 4) is 0 Å². The molecule has 0 aliphatic carbocycles. The number of nitrogens with one attached hydrogen (secondary N) is 3. The first-order valence-corrected chi connectivity index (χ1v) is 11.5. The van der Waals surface area contributed by atoms with Crippen molar-refractivity contribution in [2.45, 2.75) is 49.9 Å². The Morgan fingerprint density at radius 1 is 0.875 bits per heavy atom. The van der Waals surface area contributed by atoms with Crippen molar-refractivity contribution < 1.29 is 33.9 Å². The molecule has 13 nitrogen and oxygen atoms in total. The van der Waals surface area contributed by atoms with Gasteiger partial charge >= 0.3 is 5.97 Å². The smallest absolute Gasteiger partial charge is 0.326 e. The van der Waals surface area contributed by atoms with Gasteiger partial charge < -0.3 is 38.3 Å². The first-order chi connectivity index (χ1) is 14.9. The van der Waals surface area contributed by atoms with Gasteiger partial charge in [0, 0.05) is 12.2 Å². The zero-order chi connectivity index (χ0) is 24.8. The highest BCUT2D eigenvalue weighted by Gasteiger charge is 2.30. The van der Waals surface area contributed by atoms with Crippen molar-refractivity contribution in [2.24, 2.45) is 17.2 Å². The zero-order valence-corrected chi connectivity index (χ0v) is 19.2. The molecule has 0 radical (unpaired) electrons. The predicted octanol–water partition coefficient (Wildman–Crippen LogP) is -3.32. The number of nitrogens with two attached hydrogens (primary N) is 3. The van der Waals surface area contributed by atoms with Crippen LogP contribution in [0.5, 0.6) is 0 Å². The molecular weight excluding hydrogens is 464 g/mol. The van der Waals surface area contributed by atoms with Crippen LogP contribution >= 0.6 is 24.4 Å². The molecule has 0 bridgehead atoms. The molecular formula is C17H30N6O7S2. The third-order valence-corrected chi connectivity index (χ3v) is 5.13. The van der Waals surface area contributed by atoms with Crippen LogP contribution in [0, 0.1) is 0 Å². The summed E-state index contributed by atoms with van der Waals surface area (Å²) in [5.74, 6) is -5.14. The van der Waals surface area contributed by atoms with E-state index in [1.165, 1.54) is 11.8 Å². The van der Waals surface area contributed by atoms with Gasteiger partial charge in [-0.1, -0.05) is 0 Å². The van der Waals surface area contributed by atoms with E-state index in [0.717, 1.165) is 0 Å². The minimum Gasteiger partial charge on any atom is -0.480 e. The van der Waals surface area contributed by atoms with E-state index in [4.69, 9.17) is 17.2 Å². The molecule has 32 heavy (non-hydrogen) atoms. The molecule has 0 aromatic rings. The van der Waals surface area contributed by atoms with E-state index in [1.807, 2.05) is 6.26 Å². The summed E-state index contributed by atoms with van der Waals surface area (Å²) in [4.78, 5) is 70.7.